The number of amides is 3. The monoisotopic (exact) mass is 284 g/mol. The van der Waals surface area contributed by atoms with Gasteiger partial charge in [-0.15, -0.1) is 0 Å². The van der Waals surface area contributed by atoms with E-state index in [0.717, 1.165) is 0 Å². The van der Waals surface area contributed by atoms with Gasteiger partial charge in [0.1, 0.15) is 18.2 Å². The van der Waals surface area contributed by atoms with Crippen LogP contribution in [0.1, 0.15) is 18.7 Å². The Hall–Kier alpha value is -2.65. The van der Waals surface area contributed by atoms with Crippen LogP contribution in [0.4, 0.5) is 4.79 Å². The number of aliphatic carboxylic acids is 1. The summed E-state index contributed by atoms with van der Waals surface area (Å²) in [5.41, 5.74) is 4.89. The normalized spacial score (nSPS) is 11.6. The number of carboxylic acids is 1. The second-order valence-electron chi connectivity index (χ2n) is 4.00. The standard InChI is InChI=1S/C10H16N6O4/c11-7(17)4-6(9(18)19)15-10(20)12-3-1-2-8-13-5-14-16-8/h5-6H,1-4H2,(H2,11,17)(H,18,19)(H2,12,15,20)(H,13,14,16)/t6-/m1/s1. The van der Waals surface area contributed by atoms with Crippen LogP contribution in [0, 0.1) is 0 Å². The SMILES string of the molecule is NC(=O)C[C@@H](NC(=O)NCCCc1ncn[nH]1)C(=O)O. The summed E-state index contributed by atoms with van der Waals surface area (Å²) >= 11 is 0. The van der Waals surface area contributed by atoms with Gasteiger partial charge >= 0.3 is 12.0 Å². The summed E-state index contributed by atoms with van der Waals surface area (Å²) in [5.74, 6) is -1.42. The van der Waals surface area contributed by atoms with Crippen LogP contribution in [0.25, 0.3) is 0 Å². The molecule has 1 rings (SSSR count). The predicted octanol–water partition coefficient (Wildman–Crippen LogP) is -1.63. The Labute approximate surface area is 114 Å². The quantitative estimate of drug-likeness (QED) is 0.359. The molecule has 0 bridgehead atoms. The minimum atomic E-state index is -1.33. The maximum atomic E-state index is 11.4. The van der Waals surface area contributed by atoms with Gasteiger partial charge in [0.15, 0.2) is 0 Å². The molecule has 3 amide bonds. The number of aromatic amines is 1. The number of hydrogen-bond donors (Lipinski definition) is 5. The van der Waals surface area contributed by atoms with Gasteiger partial charge in [0.25, 0.3) is 0 Å². The number of carboxylic acid groups (broad SMARTS) is 1. The number of nitrogens with one attached hydrogen (secondary N) is 3. The van der Waals surface area contributed by atoms with Gasteiger partial charge in [-0.25, -0.2) is 14.6 Å². The summed E-state index contributed by atoms with van der Waals surface area (Å²) in [7, 11) is 0. The molecular weight excluding hydrogens is 268 g/mol. The van der Waals surface area contributed by atoms with Crippen molar-refractivity contribution in [1.29, 1.82) is 0 Å². The molecule has 0 radical (unpaired) electrons. The van der Waals surface area contributed by atoms with Crippen molar-refractivity contribution in [2.45, 2.75) is 25.3 Å². The zero-order chi connectivity index (χ0) is 15.0. The van der Waals surface area contributed by atoms with Crippen LogP contribution in [0.5, 0.6) is 0 Å². The molecule has 0 saturated heterocycles. The molecule has 0 aliphatic rings. The predicted molar refractivity (Wildman–Crippen MR) is 66.5 cm³/mol. The summed E-state index contributed by atoms with van der Waals surface area (Å²) in [5, 5.41) is 19.8. The highest BCUT2D eigenvalue weighted by atomic mass is 16.4. The molecule has 1 heterocycles. The zero-order valence-electron chi connectivity index (χ0n) is 10.6. The van der Waals surface area contributed by atoms with Gasteiger partial charge in [0.05, 0.1) is 6.42 Å². The molecule has 20 heavy (non-hydrogen) atoms. The molecule has 0 spiro atoms. The van der Waals surface area contributed by atoms with E-state index in [2.05, 4.69) is 25.8 Å². The molecular formula is C10H16N6O4. The fraction of sp³-hybridized carbons (Fsp3) is 0.500. The second kappa shape index (κ2) is 7.71. The van der Waals surface area contributed by atoms with E-state index in [-0.39, 0.29) is 0 Å². The minimum Gasteiger partial charge on any atom is -0.480 e. The van der Waals surface area contributed by atoms with Crippen LogP contribution in [0.15, 0.2) is 6.33 Å². The van der Waals surface area contributed by atoms with Crippen LogP contribution in [0.3, 0.4) is 0 Å². The van der Waals surface area contributed by atoms with E-state index in [1.54, 1.807) is 0 Å². The summed E-state index contributed by atoms with van der Waals surface area (Å²) in [4.78, 5) is 36.8. The van der Waals surface area contributed by atoms with Crippen molar-refractivity contribution >= 4 is 17.9 Å². The lowest BCUT2D eigenvalue weighted by Crippen LogP contribution is -2.47. The van der Waals surface area contributed by atoms with Gasteiger partial charge in [-0.05, 0) is 6.42 Å². The average molecular weight is 284 g/mol. The first-order valence-corrected chi connectivity index (χ1v) is 5.88. The molecule has 0 saturated carbocycles. The van der Waals surface area contributed by atoms with Crippen molar-refractivity contribution in [3.63, 3.8) is 0 Å². The Morgan fingerprint density at radius 1 is 1.45 bits per heavy atom. The van der Waals surface area contributed by atoms with E-state index in [0.29, 0.717) is 25.2 Å². The van der Waals surface area contributed by atoms with E-state index < -0.39 is 30.4 Å². The molecule has 1 atom stereocenters. The number of rotatable bonds is 8. The molecule has 1 aromatic heterocycles. The number of nitrogens with zero attached hydrogens (tertiary/aromatic N) is 2. The van der Waals surface area contributed by atoms with E-state index in [4.69, 9.17) is 10.8 Å². The van der Waals surface area contributed by atoms with Crippen LogP contribution >= 0.6 is 0 Å². The molecule has 0 aliphatic carbocycles. The molecule has 0 aliphatic heterocycles. The van der Waals surface area contributed by atoms with E-state index >= 15 is 0 Å². The topological polar surface area (TPSA) is 163 Å². The highest BCUT2D eigenvalue weighted by Gasteiger charge is 2.21. The second-order valence-corrected chi connectivity index (χ2v) is 4.00. The molecule has 10 heteroatoms. The van der Waals surface area contributed by atoms with Gasteiger partial charge in [-0.3, -0.25) is 9.89 Å². The van der Waals surface area contributed by atoms with Gasteiger partial charge in [-0.1, -0.05) is 0 Å². The van der Waals surface area contributed by atoms with Crippen LogP contribution in [-0.4, -0.2) is 50.8 Å². The third-order valence-electron chi connectivity index (χ3n) is 2.35. The van der Waals surface area contributed by atoms with Gasteiger partial charge < -0.3 is 21.5 Å². The highest BCUT2D eigenvalue weighted by molar-refractivity contribution is 5.87. The largest absolute Gasteiger partial charge is 0.480 e. The first-order chi connectivity index (χ1) is 9.49. The number of hydrogen-bond acceptors (Lipinski definition) is 5. The lowest BCUT2D eigenvalue weighted by molar-refractivity contribution is -0.140. The minimum absolute atomic E-state index is 0.329. The number of H-pyrrole nitrogens is 1. The number of urea groups is 1. The van der Waals surface area contributed by atoms with E-state index in [9.17, 15) is 14.4 Å². The number of primary amides is 1. The van der Waals surface area contributed by atoms with E-state index in [1.807, 2.05) is 0 Å². The third kappa shape index (κ3) is 5.80. The summed E-state index contributed by atoms with van der Waals surface area (Å²) in [6, 6.07) is -2.00. The van der Waals surface area contributed by atoms with Gasteiger partial charge in [0.2, 0.25) is 5.91 Å². The summed E-state index contributed by atoms with van der Waals surface area (Å²) < 4.78 is 0. The molecule has 10 nitrogen and oxygen atoms in total. The third-order valence-corrected chi connectivity index (χ3v) is 2.35. The van der Waals surface area contributed by atoms with Crippen molar-refractivity contribution in [2.24, 2.45) is 5.73 Å². The lowest BCUT2D eigenvalue weighted by Gasteiger charge is -2.13. The molecule has 6 N–H and O–H groups in total. The van der Waals surface area contributed by atoms with Crippen LogP contribution in [-0.2, 0) is 16.0 Å². The highest BCUT2D eigenvalue weighted by Crippen LogP contribution is 1.93. The average Bonchev–Trinajstić information content (AvgIpc) is 2.86. The van der Waals surface area contributed by atoms with Crippen LogP contribution < -0.4 is 16.4 Å². The number of nitrogens with two attached hydrogens (primary N) is 1. The molecule has 0 aromatic carbocycles. The number of aryl methyl sites for hydroxylation is 1. The Morgan fingerprint density at radius 2 is 2.20 bits per heavy atom. The van der Waals surface area contributed by atoms with Crippen molar-refractivity contribution in [3.05, 3.63) is 12.2 Å². The Balaban J connectivity index is 2.24. The van der Waals surface area contributed by atoms with Crippen molar-refractivity contribution in [2.75, 3.05) is 6.54 Å². The van der Waals surface area contributed by atoms with Crippen molar-refractivity contribution < 1.29 is 19.5 Å². The first-order valence-electron chi connectivity index (χ1n) is 5.88. The van der Waals surface area contributed by atoms with Crippen molar-refractivity contribution in [1.82, 2.24) is 25.8 Å². The lowest BCUT2D eigenvalue weighted by atomic mass is 10.2. The number of aromatic nitrogens is 3. The summed E-state index contributed by atoms with van der Waals surface area (Å²) in [6.45, 7) is 0.329. The number of carbonyl (C=O) groups is 3. The van der Waals surface area contributed by atoms with Crippen molar-refractivity contribution in [3.8, 4) is 0 Å². The Kier molecular flexibility index (Phi) is 5.94. The van der Waals surface area contributed by atoms with E-state index in [1.165, 1.54) is 6.33 Å². The first kappa shape index (κ1) is 15.4. The Bertz CT molecular complexity index is 460. The smallest absolute Gasteiger partial charge is 0.326 e. The summed E-state index contributed by atoms with van der Waals surface area (Å²) in [6.07, 6.45) is 2.14. The fourth-order valence-electron chi connectivity index (χ4n) is 1.42. The fourth-order valence-corrected chi connectivity index (χ4v) is 1.42. The molecule has 110 valence electrons. The van der Waals surface area contributed by atoms with Crippen LogP contribution in [0.2, 0.25) is 0 Å². The zero-order valence-corrected chi connectivity index (χ0v) is 10.6. The number of carbonyl (C=O) groups excluding carboxylic acids is 2. The molecule has 0 unspecified atom stereocenters. The Morgan fingerprint density at radius 3 is 2.75 bits per heavy atom. The van der Waals surface area contributed by atoms with Gasteiger partial charge in [0, 0.05) is 13.0 Å². The molecule has 1 aromatic rings. The maximum absolute atomic E-state index is 11.4. The van der Waals surface area contributed by atoms with Gasteiger partial charge in [-0.2, -0.15) is 5.10 Å². The maximum Gasteiger partial charge on any atom is 0.326 e. The molecule has 0 fully saturated rings.